The van der Waals surface area contributed by atoms with E-state index in [4.69, 9.17) is 5.26 Å². The van der Waals surface area contributed by atoms with E-state index >= 15 is 0 Å². The van der Waals surface area contributed by atoms with E-state index in [9.17, 15) is 0 Å². The monoisotopic (exact) mass is 241 g/mol. The van der Waals surface area contributed by atoms with E-state index in [1.165, 1.54) is 0 Å². The van der Waals surface area contributed by atoms with Gasteiger partial charge in [-0.2, -0.15) is 5.26 Å². The fraction of sp³-hybridized carbons (Fsp3) is 0.308. The van der Waals surface area contributed by atoms with Crippen molar-refractivity contribution < 1.29 is 0 Å². The molecule has 0 aliphatic carbocycles. The minimum Gasteiger partial charge on any atom is -0.360 e. The van der Waals surface area contributed by atoms with Crippen LogP contribution < -0.4 is 4.90 Å². The minimum absolute atomic E-state index is 0.588. The number of anilines is 1. The zero-order chi connectivity index (χ0) is 12.8. The Morgan fingerprint density at radius 1 is 1.44 bits per heavy atom. The first-order valence-electron chi connectivity index (χ1n) is 5.82. The summed E-state index contributed by atoms with van der Waals surface area (Å²) in [5.41, 5.74) is 0.588. The average Bonchev–Trinajstić information content (AvgIpc) is 2.92. The molecule has 0 amide bonds. The van der Waals surface area contributed by atoms with Gasteiger partial charge in [-0.25, -0.2) is 9.97 Å². The highest BCUT2D eigenvalue weighted by atomic mass is 15.2. The van der Waals surface area contributed by atoms with Crippen molar-refractivity contribution in [3.63, 3.8) is 0 Å². The third kappa shape index (κ3) is 3.08. The molecule has 0 radical (unpaired) electrons. The normalized spacial score (nSPS) is 10.0. The number of rotatable bonds is 5. The second-order valence-electron chi connectivity index (χ2n) is 4.09. The lowest BCUT2D eigenvalue weighted by molar-refractivity contribution is 0.635. The lowest BCUT2D eigenvalue weighted by Crippen LogP contribution is -2.20. The molecule has 0 aliphatic rings. The molecule has 5 nitrogen and oxygen atoms in total. The van der Waals surface area contributed by atoms with Gasteiger partial charge in [0.15, 0.2) is 0 Å². The van der Waals surface area contributed by atoms with Gasteiger partial charge in [0.2, 0.25) is 0 Å². The van der Waals surface area contributed by atoms with Crippen LogP contribution >= 0.6 is 0 Å². The lowest BCUT2D eigenvalue weighted by Gasteiger charge is -2.17. The zero-order valence-electron chi connectivity index (χ0n) is 10.3. The van der Waals surface area contributed by atoms with Crippen molar-refractivity contribution in [2.45, 2.75) is 13.0 Å². The van der Waals surface area contributed by atoms with Gasteiger partial charge in [0.25, 0.3) is 0 Å². The number of imidazole rings is 1. The summed E-state index contributed by atoms with van der Waals surface area (Å²) in [4.78, 5) is 10.3. The highest BCUT2D eigenvalue weighted by Gasteiger charge is 2.02. The van der Waals surface area contributed by atoms with Crippen molar-refractivity contribution in [1.82, 2.24) is 14.5 Å². The number of pyridine rings is 1. The van der Waals surface area contributed by atoms with Gasteiger partial charge in [-0.15, -0.1) is 0 Å². The maximum absolute atomic E-state index is 8.70. The second kappa shape index (κ2) is 5.82. The fourth-order valence-corrected chi connectivity index (χ4v) is 1.70. The number of aryl methyl sites for hydroxylation is 1. The molecule has 0 atom stereocenters. The first kappa shape index (κ1) is 12.1. The van der Waals surface area contributed by atoms with Crippen molar-refractivity contribution in [2.75, 3.05) is 18.5 Å². The number of aromatic nitrogens is 3. The van der Waals surface area contributed by atoms with Crippen LogP contribution in [0.1, 0.15) is 12.0 Å². The van der Waals surface area contributed by atoms with E-state index in [0.717, 1.165) is 25.3 Å². The van der Waals surface area contributed by atoms with Crippen LogP contribution in [-0.4, -0.2) is 28.1 Å². The highest BCUT2D eigenvalue weighted by molar-refractivity contribution is 5.40. The summed E-state index contributed by atoms with van der Waals surface area (Å²) in [5, 5.41) is 8.70. The summed E-state index contributed by atoms with van der Waals surface area (Å²) in [7, 11) is 2.00. The van der Waals surface area contributed by atoms with Gasteiger partial charge in [-0.3, -0.25) is 0 Å². The summed E-state index contributed by atoms with van der Waals surface area (Å²) in [5.74, 6) is 0.889. The fourth-order valence-electron chi connectivity index (χ4n) is 1.70. The van der Waals surface area contributed by atoms with Crippen LogP contribution in [-0.2, 0) is 6.54 Å². The molecule has 2 rings (SSSR count). The number of nitrogens with zero attached hydrogens (tertiary/aromatic N) is 5. The number of hydrogen-bond acceptors (Lipinski definition) is 4. The predicted octanol–water partition coefficient (Wildman–Crippen LogP) is 1.68. The second-order valence-corrected chi connectivity index (χ2v) is 4.09. The molecule has 2 heterocycles. The van der Waals surface area contributed by atoms with Crippen molar-refractivity contribution in [3.8, 4) is 6.07 Å². The quantitative estimate of drug-likeness (QED) is 0.799. The molecule has 2 aromatic rings. The molecule has 0 spiro atoms. The molecular weight excluding hydrogens is 226 g/mol. The Bertz CT molecular complexity index is 509. The van der Waals surface area contributed by atoms with Crippen LogP contribution in [0.5, 0.6) is 0 Å². The van der Waals surface area contributed by atoms with E-state index in [2.05, 4.69) is 25.5 Å². The van der Waals surface area contributed by atoms with Crippen molar-refractivity contribution in [3.05, 3.63) is 42.6 Å². The largest absolute Gasteiger partial charge is 0.360 e. The zero-order valence-corrected chi connectivity index (χ0v) is 10.3. The van der Waals surface area contributed by atoms with E-state index in [1.807, 2.05) is 25.6 Å². The third-order valence-electron chi connectivity index (χ3n) is 2.74. The Hall–Kier alpha value is -2.35. The summed E-state index contributed by atoms with van der Waals surface area (Å²) in [6, 6.07) is 5.72. The van der Waals surface area contributed by atoms with E-state index in [-0.39, 0.29) is 0 Å². The molecule has 5 heteroatoms. The molecule has 0 bridgehead atoms. The maximum atomic E-state index is 8.70. The van der Waals surface area contributed by atoms with Crippen LogP contribution in [0, 0.1) is 11.3 Å². The molecule has 0 unspecified atom stereocenters. The molecule has 0 saturated carbocycles. The van der Waals surface area contributed by atoms with Crippen LogP contribution in [0.3, 0.4) is 0 Å². The molecule has 18 heavy (non-hydrogen) atoms. The van der Waals surface area contributed by atoms with Gasteiger partial charge in [-0.1, -0.05) is 0 Å². The lowest BCUT2D eigenvalue weighted by atomic mass is 10.3. The van der Waals surface area contributed by atoms with Crippen LogP contribution in [0.2, 0.25) is 0 Å². The Morgan fingerprint density at radius 3 is 2.94 bits per heavy atom. The van der Waals surface area contributed by atoms with E-state index in [1.54, 1.807) is 18.5 Å². The van der Waals surface area contributed by atoms with Gasteiger partial charge >= 0.3 is 0 Å². The summed E-state index contributed by atoms with van der Waals surface area (Å²) < 4.78 is 2.06. The Morgan fingerprint density at radius 2 is 2.33 bits per heavy atom. The smallest absolute Gasteiger partial charge is 0.128 e. The Labute approximate surface area is 106 Å². The van der Waals surface area contributed by atoms with E-state index in [0.29, 0.717) is 5.56 Å². The standard InChI is InChI=1S/C13H15N5/c1-17(6-2-7-18-8-5-15-11-18)13-4-3-12(9-14)10-16-13/h3-5,8,10-11H,2,6-7H2,1H3. The highest BCUT2D eigenvalue weighted by Crippen LogP contribution is 2.09. The van der Waals surface area contributed by atoms with Gasteiger partial charge in [0.05, 0.1) is 11.9 Å². The van der Waals surface area contributed by atoms with Crippen LogP contribution in [0.4, 0.5) is 5.82 Å². The Kier molecular flexibility index (Phi) is 3.92. The average molecular weight is 241 g/mol. The molecule has 92 valence electrons. The SMILES string of the molecule is CN(CCCn1ccnc1)c1ccc(C#N)cn1. The molecule has 0 saturated heterocycles. The first-order chi connectivity index (χ1) is 8.79. The van der Waals surface area contributed by atoms with Gasteiger partial charge < -0.3 is 9.47 Å². The number of nitriles is 1. The third-order valence-corrected chi connectivity index (χ3v) is 2.74. The molecule has 2 aromatic heterocycles. The molecule has 0 N–H and O–H groups in total. The summed E-state index contributed by atoms with van der Waals surface area (Å²) in [6.07, 6.45) is 8.18. The van der Waals surface area contributed by atoms with Gasteiger partial charge in [0.1, 0.15) is 11.9 Å². The van der Waals surface area contributed by atoms with Crippen LogP contribution in [0.25, 0.3) is 0 Å². The van der Waals surface area contributed by atoms with Crippen LogP contribution in [0.15, 0.2) is 37.1 Å². The Balaban J connectivity index is 1.83. The van der Waals surface area contributed by atoms with Crippen molar-refractivity contribution in [2.24, 2.45) is 0 Å². The summed E-state index contributed by atoms with van der Waals surface area (Å²) >= 11 is 0. The predicted molar refractivity (Wildman–Crippen MR) is 69.1 cm³/mol. The molecule has 0 aliphatic heterocycles. The molecular formula is C13H15N5. The van der Waals surface area contributed by atoms with Crippen molar-refractivity contribution >= 4 is 5.82 Å². The van der Waals surface area contributed by atoms with Gasteiger partial charge in [0, 0.05) is 38.7 Å². The number of hydrogen-bond donors (Lipinski definition) is 0. The molecule has 0 fully saturated rings. The maximum Gasteiger partial charge on any atom is 0.128 e. The van der Waals surface area contributed by atoms with Crippen molar-refractivity contribution in [1.29, 1.82) is 5.26 Å². The summed E-state index contributed by atoms with van der Waals surface area (Å²) in [6.45, 7) is 1.86. The minimum atomic E-state index is 0.588. The van der Waals surface area contributed by atoms with Gasteiger partial charge in [-0.05, 0) is 18.6 Å². The first-order valence-corrected chi connectivity index (χ1v) is 5.82. The van der Waals surface area contributed by atoms with E-state index < -0.39 is 0 Å². The molecule has 0 aromatic carbocycles. The topological polar surface area (TPSA) is 57.7 Å².